The smallest absolute Gasteiger partial charge is 0.343 e. The van der Waals surface area contributed by atoms with Crippen molar-refractivity contribution in [2.24, 2.45) is 11.8 Å². The van der Waals surface area contributed by atoms with Crippen molar-refractivity contribution in [1.29, 1.82) is 0 Å². The Labute approximate surface area is 204 Å². The van der Waals surface area contributed by atoms with Gasteiger partial charge < -0.3 is 23.7 Å². The molecule has 1 aliphatic rings. The van der Waals surface area contributed by atoms with Gasteiger partial charge in [0.05, 0.1) is 39.4 Å². The SMILES string of the molecule is COc1ccc(C[C@H]2COC(=O)[C@@H]2Cc2ccc(OC(=O)c3ccccc3)c(OC)c2)cc1OC. The largest absolute Gasteiger partial charge is 0.493 e. The highest BCUT2D eigenvalue weighted by Crippen LogP contribution is 2.35. The summed E-state index contributed by atoms with van der Waals surface area (Å²) in [5.74, 6) is 1.09. The van der Waals surface area contributed by atoms with E-state index in [1.807, 2.05) is 30.3 Å². The van der Waals surface area contributed by atoms with Gasteiger partial charge in [0.2, 0.25) is 0 Å². The zero-order valence-corrected chi connectivity index (χ0v) is 20.0. The summed E-state index contributed by atoms with van der Waals surface area (Å²) in [6.07, 6.45) is 1.15. The van der Waals surface area contributed by atoms with Gasteiger partial charge in [0.15, 0.2) is 23.0 Å². The van der Waals surface area contributed by atoms with Crippen LogP contribution in [0.4, 0.5) is 0 Å². The molecule has 0 radical (unpaired) electrons. The molecule has 4 rings (SSSR count). The molecule has 7 nitrogen and oxygen atoms in total. The number of ether oxygens (including phenoxy) is 5. The minimum absolute atomic E-state index is 0.0159. The fraction of sp³-hybridized carbons (Fsp3) is 0.286. The predicted octanol–water partition coefficient (Wildman–Crippen LogP) is 4.51. The molecule has 0 unspecified atom stereocenters. The van der Waals surface area contributed by atoms with Crippen LogP contribution in [0.2, 0.25) is 0 Å². The lowest BCUT2D eigenvalue weighted by Gasteiger charge is -2.17. The van der Waals surface area contributed by atoms with E-state index in [2.05, 4.69) is 0 Å². The molecule has 0 saturated carbocycles. The van der Waals surface area contributed by atoms with Crippen LogP contribution < -0.4 is 18.9 Å². The van der Waals surface area contributed by atoms with Crippen LogP contribution >= 0.6 is 0 Å². The molecule has 2 atom stereocenters. The highest BCUT2D eigenvalue weighted by molar-refractivity contribution is 5.91. The van der Waals surface area contributed by atoms with E-state index in [9.17, 15) is 9.59 Å². The van der Waals surface area contributed by atoms with Crippen molar-refractivity contribution in [3.05, 3.63) is 83.4 Å². The summed E-state index contributed by atoms with van der Waals surface area (Å²) >= 11 is 0. The third kappa shape index (κ3) is 5.57. The van der Waals surface area contributed by atoms with Crippen LogP contribution in [0.5, 0.6) is 23.0 Å². The van der Waals surface area contributed by atoms with Gasteiger partial charge in [-0.05, 0) is 60.4 Å². The van der Waals surface area contributed by atoms with Crippen molar-refractivity contribution in [3.8, 4) is 23.0 Å². The number of hydrogen-bond acceptors (Lipinski definition) is 7. The van der Waals surface area contributed by atoms with Gasteiger partial charge in [0, 0.05) is 5.92 Å². The fourth-order valence-corrected chi connectivity index (χ4v) is 4.28. The molecule has 1 aliphatic heterocycles. The van der Waals surface area contributed by atoms with Gasteiger partial charge in [0.1, 0.15) is 0 Å². The molecule has 182 valence electrons. The average molecular weight is 477 g/mol. The van der Waals surface area contributed by atoms with E-state index >= 15 is 0 Å². The predicted molar refractivity (Wildman–Crippen MR) is 129 cm³/mol. The number of esters is 2. The van der Waals surface area contributed by atoms with E-state index in [1.54, 1.807) is 50.6 Å². The lowest BCUT2D eigenvalue weighted by molar-refractivity contribution is -0.141. The Hall–Kier alpha value is -4.00. The second-order valence-electron chi connectivity index (χ2n) is 8.33. The molecule has 0 amide bonds. The van der Waals surface area contributed by atoms with Gasteiger partial charge in [0.25, 0.3) is 0 Å². The molecule has 3 aromatic carbocycles. The van der Waals surface area contributed by atoms with E-state index in [0.29, 0.717) is 48.0 Å². The topological polar surface area (TPSA) is 80.3 Å². The van der Waals surface area contributed by atoms with Crippen LogP contribution in [0, 0.1) is 11.8 Å². The van der Waals surface area contributed by atoms with Gasteiger partial charge in [-0.25, -0.2) is 4.79 Å². The Kier molecular flexibility index (Phi) is 7.55. The minimum atomic E-state index is -0.467. The van der Waals surface area contributed by atoms with Gasteiger partial charge in [-0.3, -0.25) is 4.79 Å². The van der Waals surface area contributed by atoms with Gasteiger partial charge in [-0.1, -0.05) is 30.3 Å². The molecular weight excluding hydrogens is 448 g/mol. The van der Waals surface area contributed by atoms with Gasteiger partial charge in [-0.15, -0.1) is 0 Å². The van der Waals surface area contributed by atoms with Crippen LogP contribution in [-0.2, 0) is 22.4 Å². The first-order chi connectivity index (χ1) is 17.0. The summed E-state index contributed by atoms with van der Waals surface area (Å²) in [5.41, 5.74) is 2.38. The molecular formula is C28H28O7. The van der Waals surface area contributed by atoms with E-state index in [1.165, 1.54) is 7.11 Å². The lowest BCUT2D eigenvalue weighted by atomic mass is 9.85. The van der Waals surface area contributed by atoms with E-state index in [-0.39, 0.29) is 17.8 Å². The van der Waals surface area contributed by atoms with Crippen molar-refractivity contribution in [2.75, 3.05) is 27.9 Å². The maximum absolute atomic E-state index is 12.6. The van der Waals surface area contributed by atoms with Crippen LogP contribution in [0.25, 0.3) is 0 Å². The maximum atomic E-state index is 12.6. The summed E-state index contributed by atoms with van der Waals surface area (Å²) in [5, 5.41) is 0. The summed E-state index contributed by atoms with van der Waals surface area (Å²) in [7, 11) is 4.71. The number of hydrogen-bond donors (Lipinski definition) is 0. The van der Waals surface area contributed by atoms with Crippen molar-refractivity contribution in [3.63, 3.8) is 0 Å². The normalized spacial score (nSPS) is 16.9. The van der Waals surface area contributed by atoms with Crippen molar-refractivity contribution < 1.29 is 33.3 Å². The van der Waals surface area contributed by atoms with Gasteiger partial charge >= 0.3 is 11.9 Å². The molecule has 3 aromatic rings. The number of benzene rings is 3. The second kappa shape index (κ2) is 11.0. The fourth-order valence-electron chi connectivity index (χ4n) is 4.28. The van der Waals surface area contributed by atoms with Crippen molar-refractivity contribution in [1.82, 2.24) is 0 Å². The molecule has 1 fully saturated rings. The van der Waals surface area contributed by atoms with E-state index in [4.69, 9.17) is 23.7 Å². The molecule has 0 N–H and O–H groups in total. The van der Waals surface area contributed by atoms with Gasteiger partial charge in [-0.2, -0.15) is 0 Å². The average Bonchev–Trinajstić information content (AvgIpc) is 3.23. The highest BCUT2D eigenvalue weighted by atomic mass is 16.6. The van der Waals surface area contributed by atoms with E-state index in [0.717, 1.165) is 11.1 Å². The highest BCUT2D eigenvalue weighted by Gasteiger charge is 2.37. The minimum Gasteiger partial charge on any atom is -0.493 e. The third-order valence-electron chi connectivity index (χ3n) is 6.15. The zero-order valence-electron chi connectivity index (χ0n) is 20.0. The quantitative estimate of drug-likeness (QED) is 0.332. The molecule has 1 heterocycles. The molecule has 35 heavy (non-hydrogen) atoms. The lowest BCUT2D eigenvalue weighted by Crippen LogP contribution is -2.20. The monoisotopic (exact) mass is 476 g/mol. The molecule has 7 heteroatoms. The number of carbonyl (C=O) groups is 2. The molecule has 0 spiro atoms. The Balaban J connectivity index is 1.48. The first kappa shape index (κ1) is 24.1. The summed E-state index contributed by atoms with van der Waals surface area (Å²) in [6.45, 7) is 0.363. The van der Waals surface area contributed by atoms with Crippen LogP contribution in [0.15, 0.2) is 66.7 Å². The van der Waals surface area contributed by atoms with Crippen LogP contribution in [-0.4, -0.2) is 39.9 Å². The van der Waals surface area contributed by atoms with Crippen molar-refractivity contribution >= 4 is 11.9 Å². The zero-order chi connectivity index (χ0) is 24.8. The molecule has 1 saturated heterocycles. The maximum Gasteiger partial charge on any atom is 0.343 e. The van der Waals surface area contributed by atoms with Crippen molar-refractivity contribution in [2.45, 2.75) is 12.8 Å². The standard InChI is InChI=1S/C28H28O7/c1-31-23-11-9-18(15-25(23)32-2)13-21-17-34-28(30)22(21)14-19-10-12-24(26(16-19)33-3)35-27(29)20-7-5-4-6-8-20/h4-12,15-16,21-22H,13-14,17H2,1-3H3/t21-,22+/m0/s1. The first-order valence-electron chi connectivity index (χ1n) is 11.3. The van der Waals surface area contributed by atoms with E-state index < -0.39 is 5.97 Å². The number of methoxy groups -OCH3 is 3. The Morgan fingerprint density at radius 1 is 0.800 bits per heavy atom. The summed E-state index contributed by atoms with van der Waals surface area (Å²) in [4.78, 5) is 25.0. The Bertz CT molecular complexity index is 1190. The van der Waals surface area contributed by atoms with Crippen LogP contribution in [0.1, 0.15) is 21.5 Å². The number of carbonyl (C=O) groups excluding carboxylic acids is 2. The number of rotatable bonds is 9. The molecule has 0 aromatic heterocycles. The number of cyclic esters (lactones) is 1. The summed E-state index contributed by atoms with van der Waals surface area (Å²) in [6, 6.07) is 19.9. The Morgan fingerprint density at radius 2 is 1.40 bits per heavy atom. The molecule has 0 bridgehead atoms. The molecule has 0 aliphatic carbocycles. The third-order valence-corrected chi connectivity index (χ3v) is 6.15. The Morgan fingerprint density at radius 3 is 2.06 bits per heavy atom. The summed E-state index contributed by atoms with van der Waals surface area (Å²) < 4.78 is 27.1. The second-order valence-corrected chi connectivity index (χ2v) is 8.33. The first-order valence-corrected chi connectivity index (χ1v) is 11.3. The van der Waals surface area contributed by atoms with Crippen LogP contribution in [0.3, 0.4) is 0 Å².